The highest BCUT2D eigenvalue weighted by atomic mass is 16.2. The summed E-state index contributed by atoms with van der Waals surface area (Å²) in [5.74, 6) is 0.961. The molecule has 18 heavy (non-hydrogen) atoms. The molecule has 0 saturated carbocycles. The number of carbonyl (C=O) groups is 1. The molecule has 2 unspecified atom stereocenters. The van der Waals surface area contributed by atoms with Crippen LogP contribution in [0.2, 0.25) is 0 Å². The van der Waals surface area contributed by atoms with E-state index in [4.69, 9.17) is 5.73 Å². The van der Waals surface area contributed by atoms with Crippen LogP contribution in [0.1, 0.15) is 34.1 Å². The fourth-order valence-electron chi connectivity index (χ4n) is 2.11. The molecule has 0 aliphatic heterocycles. The first-order valence-electron chi connectivity index (χ1n) is 6.85. The van der Waals surface area contributed by atoms with Gasteiger partial charge in [0.25, 0.3) is 0 Å². The molecule has 4 nitrogen and oxygen atoms in total. The lowest BCUT2D eigenvalue weighted by Crippen LogP contribution is -2.48. The van der Waals surface area contributed by atoms with Crippen molar-refractivity contribution in [3.05, 3.63) is 0 Å². The van der Waals surface area contributed by atoms with Crippen molar-refractivity contribution in [1.29, 1.82) is 0 Å². The van der Waals surface area contributed by atoms with Crippen LogP contribution in [-0.4, -0.2) is 55.5 Å². The van der Waals surface area contributed by atoms with Crippen molar-refractivity contribution >= 4 is 5.91 Å². The van der Waals surface area contributed by atoms with Crippen molar-refractivity contribution in [1.82, 2.24) is 9.80 Å². The van der Waals surface area contributed by atoms with Gasteiger partial charge in [0, 0.05) is 19.6 Å². The van der Waals surface area contributed by atoms with E-state index < -0.39 is 0 Å². The van der Waals surface area contributed by atoms with E-state index in [9.17, 15) is 4.79 Å². The van der Waals surface area contributed by atoms with Gasteiger partial charge in [-0.15, -0.1) is 0 Å². The Balaban J connectivity index is 4.40. The van der Waals surface area contributed by atoms with Crippen molar-refractivity contribution in [2.45, 2.75) is 46.2 Å². The van der Waals surface area contributed by atoms with Gasteiger partial charge in [-0.05, 0) is 32.4 Å². The second-order valence-electron chi connectivity index (χ2n) is 6.11. The van der Waals surface area contributed by atoms with E-state index in [1.165, 1.54) is 0 Å². The molecule has 0 heterocycles. The van der Waals surface area contributed by atoms with Gasteiger partial charge in [0.2, 0.25) is 5.91 Å². The first-order chi connectivity index (χ1) is 8.18. The zero-order valence-electron chi connectivity index (χ0n) is 13.1. The van der Waals surface area contributed by atoms with E-state index >= 15 is 0 Å². The molecule has 4 heteroatoms. The summed E-state index contributed by atoms with van der Waals surface area (Å²) in [5.41, 5.74) is 6.01. The molecule has 0 fully saturated rings. The van der Waals surface area contributed by atoms with Gasteiger partial charge in [0.15, 0.2) is 0 Å². The zero-order valence-corrected chi connectivity index (χ0v) is 13.1. The fourth-order valence-corrected chi connectivity index (χ4v) is 2.11. The Morgan fingerprint density at radius 2 is 1.56 bits per heavy atom. The van der Waals surface area contributed by atoms with Crippen molar-refractivity contribution in [2.24, 2.45) is 17.6 Å². The van der Waals surface area contributed by atoms with E-state index in [2.05, 4.69) is 27.7 Å². The predicted octanol–water partition coefficient (Wildman–Crippen LogP) is 1.40. The molecule has 2 atom stereocenters. The van der Waals surface area contributed by atoms with Crippen LogP contribution in [0.25, 0.3) is 0 Å². The van der Waals surface area contributed by atoms with E-state index in [1.807, 2.05) is 30.9 Å². The maximum atomic E-state index is 12.4. The first kappa shape index (κ1) is 17.4. The molecule has 0 aromatic heterocycles. The molecule has 0 aliphatic rings. The highest BCUT2D eigenvalue weighted by Gasteiger charge is 2.27. The quantitative estimate of drug-likeness (QED) is 0.750. The third-order valence-corrected chi connectivity index (χ3v) is 3.47. The van der Waals surface area contributed by atoms with Crippen molar-refractivity contribution in [2.75, 3.05) is 27.7 Å². The predicted molar refractivity (Wildman–Crippen MR) is 77.4 cm³/mol. The summed E-state index contributed by atoms with van der Waals surface area (Å²) in [7, 11) is 5.78. The largest absolute Gasteiger partial charge is 0.344 e. The van der Waals surface area contributed by atoms with Crippen LogP contribution in [0.15, 0.2) is 0 Å². The Morgan fingerprint density at radius 3 is 1.89 bits per heavy atom. The molecule has 0 aromatic carbocycles. The number of amides is 1. The Kier molecular flexibility index (Phi) is 7.48. The number of hydrogen-bond donors (Lipinski definition) is 1. The fraction of sp³-hybridized carbons (Fsp3) is 0.929. The lowest BCUT2D eigenvalue weighted by atomic mass is 10.00. The minimum atomic E-state index is -0.0507. The van der Waals surface area contributed by atoms with Gasteiger partial charge in [0.1, 0.15) is 0 Å². The van der Waals surface area contributed by atoms with Crippen LogP contribution in [-0.2, 0) is 4.79 Å². The van der Waals surface area contributed by atoms with E-state index in [1.54, 1.807) is 0 Å². The molecule has 0 saturated heterocycles. The maximum absolute atomic E-state index is 12.4. The van der Waals surface area contributed by atoms with Gasteiger partial charge in [-0.25, -0.2) is 0 Å². The highest BCUT2D eigenvalue weighted by molar-refractivity contribution is 5.81. The molecule has 1 amide bonds. The van der Waals surface area contributed by atoms with Gasteiger partial charge < -0.3 is 10.6 Å². The summed E-state index contributed by atoms with van der Waals surface area (Å²) >= 11 is 0. The first-order valence-corrected chi connectivity index (χ1v) is 6.85. The van der Waals surface area contributed by atoms with Crippen LogP contribution >= 0.6 is 0 Å². The van der Waals surface area contributed by atoms with Gasteiger partial charge in [-0.1, -0.05) is 27.7 Å². The third-order valence-electron chi connectivity index (χ3n) is 3.47. The summed E-state index contributed by atoms with van der Waals surface area (Å²) in [5, 5.41) is 0. The average molecular weight is 257 g/mol. The number of rotatable bonds is 7. The van der Waals surface area contributed by atoms with E-state index in [0.717, 1.165) is 13.0 Å². The monoisotopic (exact) mass is 257 g/mol. The van der Waals surface area contributed by atoms with Crippen LogP contribution < -0.4 is 5.73 Å². The van der Waals surface area contributed by atoms with Crippen LogP contribution in [0.5, 0.6) is 0 Å². The van der Waals surface area contributed by atoms with Crippen LogP contribution in [0.3, 0.4) is 0 Å². The number of nitrogens with zero attached hydrogens (tertiary/aromatic N) is 2. The summed E-state index contributed by atoms with van der Waals surface area (Å²) in [4.78, 5) is 16.2. The lowest BCUT2D eigenvalue weighted by Gasteiger charge is -2.31. The smallest absolute Gasteiger partial charge is 0.239 e. The molecule has 0 bridgehead atoms. The molecule has 0 radical (unpaired) electrons. The lowest BCUT2D eigenvalue weighted by molar-refractivity contribution is -0.136. The molecule has 0 rings (SSSR count). The molecule has 2 N–H and O–H groups in total. The maximum Gasteiger partial charge on any atom is 0.239 e. The Bertz CT molecular complexity index is 243. The molecular formula is C14H31N3O. The molecule has 0 aromatic rings. The third kappa shape index (κ3) is 5.36. The summed E-state index contributed by atoms with van der Waals surface area (Å²) in [6, 6.07) is 0.113. The number of nitrogens with two attached hydrogens (primary N) is 1. The average Bonchev–Trinajstić information content (AvgIpc) is 2.23. The molecular weight excluding hydrogens is 226 g/mol. The number of hydrogen-bond acceptors (Lipinski definition) is 3. The SMILES string of the molecule is CC(C)C(N)CCN(C)C(=O)C(C(C)C)N(C)C. The van der Waals surface area contributed by atoms with Crippen molar-refractivity contribution in [3.8, 4) is 0 Å². The summed E-state index contributed by atoms with van der Waals surface area (Å²) in [6.45, 7) is 9.12. The highest BCUT2D eigenvalue weighted by Crippen LogP contribution is 2.11. The molecule has 0 spiro atoms. The number of carbonyl (C=O) groups excluding carboxylic acids is 1. The van der Waals surface area contributed by atoms with Gasteiger partial charge in [-0.3, -0.25) is 9.69 Å². The van der Waals surface area contributed by atoms with E-state index in [-0.39, 0.29) is 18.0 Å². The second kappa shape index (κ2) is 7.74. The molecule has 108 valence electrons. The van der Waals surface area contributed by atoms with E-state index in [0.29, 0.717) is 11.8 Å². The summed E-state index contributed by atoms with van der Waals surface area (Å²) in [6.07, 6.45) is 0.859. The molecule has 0 aliphatic carbocycles. The number of likely N-dealkylation sites (N-methyl/N-ethyl adjacent to an activating group) is 2. The van der Waals surface area contributed by atoms with Gasteiger partial charge >= 0.3 is 0 Å². The standard InChI is InChI=1S/C14H31N3O/c1-10(2)12(15)8-9-17(7)14(18)13(11(3)4)16(5)6/h10-13H,8-9,15H2,1-7H3. The minimum absolute atomic E-state index is 0.0507. The topological polar surface area (TPSA) is 49.6 Å². The van der Waals surface area contributed by atoms with Gasteiger partial charge in [0.05, 0.1) is 6.04 Å². The van der Waals surface area contributed by atoms with Crippen LogP contribution in [0.4, 0.5) is 0 Å². The van der Waals surface area contributed by atoms with Crippen LogP contribution in [0, 0.1) is 11.8 Å². The second-order valence-corrected chi connectivity index (χ2v) is 6.11. The normalized spacial score (nSPS) is 15.3. The minimum Gasteiger partial charge on any atom is -0.344 e. The Labute approximate surface area is 113 Å². The Morgan fingerprint density at radius 1 is 1.06 bits per heavy atom. The van der Waals surface area contributed by atoms with Crippen molar-refractivity contribution in [3.63, 3.8) is 0 Å². The summed E-state index contributed by atoms with van der Waals surface area (Å²) < 4.78 is 0. The van der Waals surface area contributed by atoms with Gasteiger partial charge in [-0.2, -0.15) is 0 Å². The Hall–Kier alpha value is -0.610. The van der Waals surface area contributed by atoms with Crippen molar-refractivity contribution < 1.29 is 4.79 Å². The zero-order chi connectivity index (χ0) is 14.5.